The second-order valence-electron chi connectivity index (χ2n) is 5.66. The molecule has 0 atom stereocenters. The highest BCUT2D eigenvalue weighted by Crippen LogP contribution is 2.27. The average Bonchev–Trinajstić information content (AvgIpc) is 2.38. The molecule has 1 fully saturated rings. The number of hydrogen-bond acceptors (Lipinski definition) is 3. The van der Waals surface area contributed by atoms with Gasteiger partial charge in [0.05, 0.1) is 12.7 Å². The van der Waals surface area contributed by atoms with Gasteiger partial charge in [0.1, 0.15) is 0 Å². The standard InChI is InChI=1S/C17H23NO2/c1-18(13-16-10-17(20)11-16)12-15-7-4-6-14(9-15)5-2-3-8-19/h4,6-7,9,16-17,19-20H,3,8,10-13H2,1H3. The van der Waals surface area contributed by atoms with E-state index >= 15 is 0 Å². The summed E-state index contributed by atoms with van der Waals surface area (Å²) in [5, 5.41) is 18.0. The lowest BCUT2D eigenvalue weighted by Crippen LogP contribution is -2.36. The SMILES string of the molecule is CN(Cc1cccc(C#CCCO)c1)CC1CC(O)C1. The van der Waals surface area contributed by atoms with Crippen LogP contribution in [0.2, 0.25) is 0 Å². The van der Waals surface area contributed by atoms with Crippen LogP contribution >= 0.6 is 0 Å². The molecule has 2 N–H and O–H groups in total. The van der Waals surface area contributed by atoms with Crippen LogP contribution in [0, 0.1) is 17.8 Å². The first-order valence-electron chi connectivity index (χ1n) is 7.22. The third-order valence-corrected chi connectivity index (χ3v) is 3.63. The fourth-order valence-electron chi connectivity index (χ4n) is 2.63. The van der Waals surface area contributed by atoms with Crippen LogP contribution in [0.1, 0.15) is 30.4 Å². The molecule has 0 spiro atoms. The number of hydrogen-bond donors (Lipinski definition) is 2. The molecule has 3 nitrogen and oxygen atoms in total. The maximum atomic E-state index is 9.31. The molecule has 108 valence electrons. The number of rotatable bonds is 5. The highest BCUT2D eigenvalue weighted by Gasteiger charge is 2.27. The molecular formula is C17H23NO2. The number of aliphatic hydroxyl groups excluding tert-OH is 2. The van der Waals surface area contributed by atoms with Crippen molar-refractivity contribution in [2.24, 2.45) is 5.92 Å². The molecule has 20 heavy (non-hydrogen) atoms. The normalized spacial score (nSPS) is 21.2. The molecular weight excluding hydrogens is 250 g/mol. The molecule has 0 amide bonds. The second-order valence-corrected chi connectivity index (χ2v) is 5.66. The Balaban J connectivity index is 1.86. The minimum absolute atomic E-state index is 0.0708. The number of aliphatic hydroxyl groups is 2. The summed E-state index contributed by atoms with van der Waals surface area (Å²) >= 11 is 0. The van der Waals surface area contributed by atoms with Gasteiger partial charge in [0.2, 0.25) is 0 Å². The zero-order valence-electron chi connectivity index (χ0n) is 12.0. The van der Waals surface area contributed by atoms with Crippen LogP contribution in [0.25, 0.3) is 0 Å². The molecule has 1 aliphatic rings. The maximum Gasteiger partial charge on any atom is 0.0546 e. The van der Waals surface area contributed by atoms with Gasteiger partial charge in [-0.3, -0.25) is 0 Å². The van der Waals surface area contributed by atoms with Crippen molar-refractivity contribution in [1.29, 1.82) is 0 Å². The highest BCUT2D eigenvalue weighted by molar-refractivity contribution is 5.37. The van der Waals surface area contributed by atoms with Gasteiger partial charge in [-0.25, -0.2) is 0 Å². The summed E-state index contributed by atoms with van der Waals surface area (Å²) in [6.07, 6.45) is 2.33. The van der Waals surface area contributed by atoms with Gasteiger partial charge in [-0.15, -0.1) is 0 Å². The van der Waals surface area contributed by atoms with Gasteiger partial charge in [-0.2, -0.15) is 0 Å². The Hall–Kier alpha value is -1.34. The molecule has 1 aliphatic carbocycles. The van der Waals surface area contributed by atoms with Crippen LogP contribution in [0.5, 0.6) is 0 Å². The van der Waals surface area contributed by atoms with E-state index < -0.39 is 0 Å². The van der Waals surface area contributed by atoms with Gasteiger partial charge in [0.25, 0.3) is 0 Å². The lowest BCUT2D eigenvalue weighted by atomic mass is 9.82. The topological polar surface area (TPSA) is 43.7 Å². The maximum absolute atomic E-state index is 9.31. The molecule has 1 saturated carbocycles. The summed E-state index contributed by atoms with van der Waals surface area (Å²) in [6, 6.07) is 8.25. The third-order valence-electron chi connectivity index (χ3n) is 3.63. The van der Waals surface area contributed by atoms with E-state index in [1.54, 1.807) is 0 Å². The molecule has 3 heteroatoms. The van der Waals surface area contributed by atoms with Crippen LogP contribution in [0.3, 0.4) is 0 Å². The second kappa shape index (κ2) is 7.44. The highest BCUT2D eigenvalue weighted by atomic mass is 16.3. The van der Waals surface area contributed by atoms with Crippen molar-refractivity contribution in [3.63, 3.8) is 0 Å². The summed E-state index contributed by atoms with van der Waals surface area (Å²) in [4.78, 5) is 2.30. The Morgan fingerprint density at radius 1 is 1.35 bits per heavy atom. The van der Waals surface area contributed by atoms with E-state index in [-0.39, 0.29) is 12.7 Å². The van der Waals surface area contributed by atoms with Crippen LogP contribution in [-0.4, -0.2) is 41.4 Å². The fourth-order valence-corrected chi connectivity index (χ4v) is 2.63. The van der Waals surface area contributed by atoms with Crippen molar-refractivity contribution in [2.45, 2.75) is 31.9 Å². The van der Waals surface area contributed by atoms with Crippen LogP contribution in [-0.2, 0) is 6.54 Å². The molecule has 0 aromatic heterocycles. The largest absolute Gasteiger partial charge is 0.395 e. The summed E-state index contributed by atoms with van der Waals surface area (Å²) < 4.78 is 0. The van der Waals surface area contributed by atoms with Gasteiger partial charge in [-0.05, 0) is 43.5 Å². The Morgan fingerprint density at radius 2 is 2.15 bits per heavy atom. The molecule has 0 aliphatic heterocycles. The van der Waals surface area contributed by atoms with Crippen molar-refractivity contribution in [3.8, 4) is 11.8 Å². The average molecular weight is 273 g/mol. The molecule has 2 rings (SSSR count). The fraction of sp³-hybridized carbons (Fsp3) is 0.529. The van der Waals surface area contributed by atoms with E-state index in [9.17, 15) is 5.11 Å². The summed E-state index contributed by atoms with van der Waals surface area (Å²) in [5.74, 6) is 6.65. The lowest BCUT2D eigenvalue weighted by molar-refractivity contribution is 0.0274. The molecule has 1 aromatic rings. The lowest BCUT2D eigenvalue weighted by Gasteiger charge is -2.34. The quantitative estimate of drug-likeness (QED) is 0.801. The number of benzene rings is 1. The third kappa shape index (κ3) is 4.64. The molecule has 0 heterocycles. The van der Waals surface area contributed by atoms with E-state index in [1.165, 1.54) is 5.56 Å². The van der Waals surface area contributed by atoms with Crippen LogP contribution < -0.4 is 0 Å². The zero-order valence-corrected chi connectivity index (χ0v) is 12.0. The first-order chi connectivity index (χ1) is 9.67. The molecule has 0 unspecified atom stereocenters. The van der Waals surface area contributed by atoms with Crippen molar-refractivity contribution in [2.75, 3.05) is 20.2 Å². The number of nitrogens with zero attached hydrogens (tertiary/aromatic N) is 1. The predicted octanol–water partition coefficient (Wildman–Crippen LogP) is 1.62. The monoisotopic (exact) mass is 273 g/mol. The van der Waals surface area contributed by atoms with Crippen molar-refractivity contribution >= 4 is 0 Å². The summed E-state index contributed by atoms with van der Waals surface area (Å²) in [6.45, 7) is 2.06. The Morgan fingerprint density at radius 3 is 2.85 bits per heavy atom. The van der Waals surface area contributed by atoms with Gasteiger partial charge in [0.15, 0.2) is 0 Å². The Bertz CT molecular complexity index is 483. The van der Waals surface area contributed by atoms with Gasteiger partial charge < -0.3 is 15.1 Å². The minimum atomic E-state index is -0.0708. The van der Waals surface area contributed by atoms with Gasteiger partial charge >= 0.3 is 0 Å². The van der Waals surface area contributed by atoms with E-state index in [0.29, 0.717) is 12.3 Å². The zero-order chi connectivity index (χ0) is 14.4. The Labute approximate surface area is 121 Å². The van der Waals surface area contributed by atoms with E-state index in [1.807, 2.05) is 12.1 Å². The summed E-state index contributed by atoms with van der Waals surface area (Å²) in [5.41, 5.74) is 2.26. The predicted molar refractivity (Wildman–Crippen MR) is 80.1 cm³/mol. The van der Waals surface area contributed by atoms with E-state index in [4.69, 9.17) is 5.11 Å². The van der Waals surface area contributed by atoms with Gasteiger partial charge in [-0.1, -0.05) is 24.0 Å². The van der Waals surface area contributed by atoms with Crippen LogP contribution in [0.15, 0.2) is 24.3 Å². The van der Waals surface area contributed by atoms with Crippen molar-refractivity contribution < 1.29 is 10.2 Å². The first-order valence-corrected chi connectivity index (χ1v) is 7.22. The van der Waals surface area contributed by atoms with Crippen LogP contribution in [0.4, 0.5) is 0 Å². The molecule has 0 radical (unpaired) electrons. The van der Waals surface area contributed by atoms with Crippen molar-refractivity contribution in [1.82, 2.24) is 4.90 Å². The minimum Gasteiger partial charge on any atom is -0.395 e. The van der Waals surface area contributed by atoms with Crippen molar-refractivity contribution in [3.05, 3.63) is 35.4 Å². The molecule has 0 bridgehead atoms. The van der Waals surface area contributed by atoms with Gasteiger partial charge in [0, 0.05) is 25.1 Å². The molecule has 1 aromatic carbocycles. The summed E-state index contributed by atoms with van der Waals surface area (Å²) in [7, 11) is 2.12. The molecule has 0 saturated heterocycles. The first kappa shape index (κ1) is 15.1. The Kier molecular flexibility index (Phi) is 5.60. The van der Waals surface area contributed by atoms with E-state index in [2.05, 4.69) is 35.9 Å². The smallest absolute Gasteiger partial charge is 0.0546 e. The van der Waals surface area contributed by atoms with E-state index in [0.717, 1.165) is 31.5 Å².